The normalized spacial score (nSPS) is 10.7. The van der Waals surface area contributed by atoms with Gasteiger partial charge < -0.3 is 9.84 Å². The number of nitrogens with zero attached hydrogens (tertiary/aromatic N) is 4. The number of tetrazole rings is 1. The van der Waals surface area contributed by atoms with Crippen LogP contribution in [0, 0.1) is 0 Å². The Labute approximate surface area is 123 Å². The molecule has 1 heterocycles. The number of benzene rings is 1. The maximum Gasteiger partial charge on any atom is 0.209 e. The Morgan fingerprint density at radius 2 is 2.32 bits per heavy atom. The van der Waals surface area contributed by atoms with Gasteiger partial charge in [-0.05, 0) is 44.1 Å². The van der Waals surface area contributed by atoms with Crippen molar-refractivity contribution in [1.29, 1.82) is 0 Å². The van der Waals surface area contributed by atoms with Gasteiger partial charge in [0.1, 0.15) is 5.75 Å². The highest BCUT2D eigenvalue weighted by Crippen LogP contribution is 2.28. The zero-order valence-corrected chi connectivity index (χ0v) is 12.7. The lowest BCUT2D eigenvalue weighted by Gasteiger charge is -2.06. The first-order valence-corrected chi connectivity index (χ1v) is 7.34. The molecule has 0 fully saturated rings. The summed E-state index contributed by atoms with van der Waals surface area (Å²) < 4.78 is 7.69. The van der Waals surface area contributed by atoms with Crippen molar-refractivity contribution >= 4 is 27.7 Å². The number of thioether (sulfide) groups is 1. The highest BCUT2D eigenvalue weighted by atomic mass is 79.9. The summed E-state index contributed by atoms with van der Waals surface area (Å²) in [5.74, 6) is 1.55. The number of hydrogen-bond donors (Lipinski definition) is 1. The van der Waals surface area contributed by atoms with Crippen molar-refractivity contribution in [2.75, 3.05) is 13.7 Å². The first kappa shape index (κ1) is 14.3. The molecule has 0 aliphatic rings. The maximum absolute atomic E-state index is 8.90. The van der Waals surface area contributed by atoms with Gasteiger partial charge in [-0.2, -0.15) is 0 Å². The summed E-state index contributed by atoms with van der Waals surface area (Å²) in [7, 11) is 1.64. The molecule has 2 rings (SSSR count). The van der Waals surface area contributed by atoms with Crippen LogP contribution in [0.3, 0.4) is 0 Å². The summed E-state index contributed by atoms with van der Waals surface area (Å²) >= 11 is 4.98. The molecule has 0 radical (unpaired) electrons. The van der Waals surface area contributed by atoms with Crippen LogP contribution in [0.5, 0.6) is 5.75 Å². The van der Waals surface area contributed by atoms with E-state index >= 15 is 0 Å². The average Bonchev–Trinajstić information content (AvgIpc) is 2.84. The first-order chi connectivity index (χ1) is 9.24. The van der Waals surface area contributed by atoms with Gasteiger partial charge in [0.05, 0.1) is 24.7 Å². The van der Waals surface area contributed by atoms with Crippen LogP contribution >= 0.6 is 27.7 Å². The minimum absolute atomic E-state index is 0.0205. The number of methoxy groups -OCH3 is 1. The van der Waals surface area contributed by atoms with Crippen molar-refractivity contribution < 1.29 is 9.84 Å². The second-order valence-corrected chi connectivity index (χ2v) is 5.46. The van der Waals surface area contributed by atoms with Crippen LogP contribution in [-0.4, -0.2) is 39.0 Å². The molecule has 0 saturated carbocycles. The Balaban J connectivity index is 2.02. The van der Waals surface area contributed by atoms with Gasteiger partial charge in [0.25, 0.3) is 0 Å². The highest BCUT2D eigenvalue weighted by molar-refractivity contribution is 9.10. The highest BCUT2D eigenvalue weighted by Gasteiger charge is 2.07. The predicted molar refractivity (Wildman–Crippen MR) is 75.2 cm³/mol. The Kier molecular flexibility index (Phi) is 5.17. The third-order valence-electron chi connectivity index (χ3n) is 2.39. The van der Waals surface area contributed by atoms with Gasteiger partial charge in [0, 0.05) is 5.75 Å². The topological polar surface area (TPSA) is 73.1 Å². The second-order valence-electron chi connectivity index (χ2n) is 3.67. The summed E-state index contributed by atoms with van der Waals surface area (Å²) in [6, 6.07) is 5.92. The Morgan fingerprint density at radius 3 is 3.00 bits per heavy atom. The lowest BCUT2D eigenvalue weighted by atomic mass is 10.2. The molecular weight excluding hydrogens is 332 g/mol. The molecule has 2 aromatic rings. The summed E-state index contributed by atoms with van der Waals surface area (Å²) in [5.41, 5.74) is 1.14. The molecule has 1 aromatic carbocycles. The van der Waals surface area contributed by atoms with Crippen LogP contribution < -0.4 is 4.74 Å². The maximum atomic E-state index is 8.90. The number of halogens is 1. The molecule has 1 N–H and O–H groups in total. The molecule has 0 aliphatic carbocycles. The van der Waals surface area contributed by atoms with Crippen molar-refractivity contribution in [1.82, 2.24) is 20.2 Å². The number of hydrogen-bond acceptors (Lipinski definition) is 6. The van der Waals surface area contributed by atoms with Crippen LogP contribution in [-0.2, 0) is 12.3 Å². The van der Waals surface area contributed by atoms with E-state index in [9.17, 15) is 0 Å². The Hall–Kier alpha value is -1.12. The number of ether oxygens (including phenoxy) is 1. The Bertz CT molecular complexity index is 549. The number of aliphatic hydroxyl groups is 1. The van der Waals surface area contributed by atoms with E-state index in [0.29, 0.717) is 11.7 Å². The molecule has 19 heavy (non-hydrogen) atoms. The van der Waals surface area contributed by atoms with Gasteiger partial charge in [-0.15, -0.1) is 5.10 Å². The molecule has 0 bridgehead atoms. The number of rotatable bonds is 6. The van der Waals surface area contributed by atoms with Crippen molar-refractivity contribution in [3.8, 4) is 5.75 Å². The molecular formula is C11H13BrN4O2S. The minimum Gasteiger partial charge on any atom is -0.496 e. The van der Waals surface area contributed by atoms with E-state index in [4.69, 9.17) is 9.84 Å². The second kappa shape index (κ2) is 6.88. The van der Waals surface area contributed by atoms with Gasteiger partial charge in [-0.3, -0.25) is 0 Å². The van der Waals surface area contributed by atoms with E-state index in [0.717, 1.165) is 21.5 Å². The predicted octanol–water partition coefficient (Wildman–Crippen LogP) is 1.73. The number of aromatic nitrogens is 4. The lowest BCUT2D eigenvalue weighted by molar-refractivity contribution is 0.262. The van der Waals surface area contributed by atoms with E-state index in [-0.39, 0.29) is 6.61 Å². The van der Waals surface area contributed by atoms with E-state index in [2.05, 4.69) is 31.5 Å². The van der Waals surface area contributed by atoms with Crippen LogP contribution in [0.25, 0.3) is 0 Å². The third kappa shape index (κ3) is 3.68. The monoisotopic (exact) mass is 344 g/mol. The molecule has 8 heteroatoms. The SMILES string of the molecule is COc1ccc(CSc2nnnn2CCO)cc1Br. The van der Waals surface area contributed by atoms with E-state index < -0.39 is 0 Å². The molecule has 0 amide bonds. The molecule has 1 aromatic heterocycles. The van der Waals surface area contributed by atoms with Crippen molar-refractivity contribution in [3.05, 3.63) is 28.2 Å². The average molecular weight is 345 g/mol. The third-order valence-corrected chi connectivity index (χ3v) is 4.04. The standard InChI is InChI=1S/C11H13BrN4O2S/c1-18-10-3-2-8(6-9(10)12)7-19-11-13-14-15-16(11)4-5-17/h2-3,6,17H,4-5,7H2,1H3. The molecule has 0 aliphatic heterocycles. The van der Waals surface area contributed by atoms with Gasteiger partial charge in [0.15, 0.2) is 0 Å². The summed E-state index contributed by atoms with van der Waals surface area (Å²) in [5, 5.41) is 20.9. The van der Waals surface area contributed by atoms with E-state index in [1.807, 2.05) is 18.2 Å². The fraction of sp³-hybridized carbons (Fsp3) is 0.364. The minimum atomic E-state index is 0.0205. The summed E-state index contributed by atoms with van der Waals surface area (Å²) in [6.45, 7) is 0.425. The fourth-order valence-electron chi connectivity index (χ4n) is 1.48. The quantitative estimate of drug-likeness (QED) is 0.804. The molecule has 0 spiro atoms. The van der Waals surface area contributed by atoms with E-state index in [1.54, 1.807) is 11.8 Å². The van der Waals surface area contributed by atoms with Gasteiger partial charge >= 0.3 is 0 Å². The number of aliphatic hydroxyl groups excluding tert-OH is 1. The van der Waals surface area contributed by atoms with Crippen molar-refractivity contribution in [2.45, 2.75) is 17.5 Å². The van der Waals surface area contributed by atoms with E-state index in [1.165, 1.54) is 11.8 Å². The fourth-order valence-corrected chi connectivity index (χ4v) is 2.92. The molecule has 6 nitrogen and oxygen atoms in total. The zero-order valence-electron chi connectivity index (χ0n) is 10.3. The first-order valence-electron chi connectivity index (χ1n) is 5.57. The smallest absolute Gasteiger partial charge is 0.209 e. The summed E-state index contributed by atoms with van der Waals surface area (Å²) in [6.07, 6.45) is 0. The van der Waals surface area contributed by atoms with Crippen LogP contribution in [0.1, 0.15) is 5.56 Å². The van der Waals surface area contributed by atoms with Crippen LogP contribution in [0.15, 0.2) is 27.8 Å². The lowest BCUT2D eigenvalue weighted by Crippen LogP contribution is -2.05. The van der Waals surface area contributed by atoms with Crippen molar-refractivity contribution in [2.24, 2.45) is 0 Å². The molecule has 102 valence electrons. The van der Waals surface area contributed by atoms with Gasteiger partial charge in [-0.25, -0.2) is 4.68 Å². The molecule has 0 unspecified atom stereocenters. The largest absolute Gasteiger partial charge is 0.496 e. The molecule has 0 saturated heterocycles. The molecule has 0 atom stereocenters. The van der Waals surface area contributed by atoms with Gasteiger partial charge in [-0.1, -0.05) is 17.8 Å². The van der Waals surface area contributed by atoms with Crippen LogP contribution in [0.2, 0.25) is 0 Å². The summed E-state index contributed by atoms with van der Waals surface area (Å²) in [4.78, 5) is 0. The van der Waals surface area contributed by atoms with Crippen molar-refractivity contribution in [3.63, 3.8) is 0 Å². The zero-order chi connectivity index (χ0) is 13.7. The Morgan fingerprint density at radius 1 is 1.47 bits per heavy atom. The van der Waals surface area contributed by atoms with Crippen LogP contribution in [0.4, 0.5) is 0 Å². The van der Waals surface area contributed by atoms with Gasteiger partial charge in [0.2, 0.25) is 5.16 Å².